The molecule has 212 valence electrons. The van der Waals surface area contributed by atoms with Gasteiger partial charge < -0.3 is 19.9 Å². The van der Waals surface area contributed by atoms with E-state index in [4.69, 9.17) is 16.3 Å². The summed E-state index contributed by atoms with van der Waals surface area (Å²) in [5.74, 6) is 0.765. The lowest BCUT2D eigenvalue weighted by atomic mass is 10.1. The van der Waals surface area contributed by atoms with Crippen molar-refractivity contribution in [2.24, 2.45) is 0 Å². The fourth-order valence-electron chi connectivity index (χ4n) is 4.22. The molecule has 1 saturated heterocycles. The highest BCUT2D eigenvalue weighted by atomic mass is 35.5. The molecule has 0 spiro atoms. The summed E-state index contributed by atoms with van der Waals surface area (Å²) in [7, 11) is 1.57. The Bertz CT molecular complexity index is 1360. The van der Waals surface area contributed by atoms with Crippen LogP contribution in [0.5, 0.6) is 5.75 Å². The molecule has 0 aliphatic carbocycles. The Morgan fingerprint density at radius 2 is 1.88 bits per heavy atom. The van der Waals surface area contributed by atoms with E-state index in [9.17, 15) is 22.8 Å². The van der Waals surface area contributed by atoms with Gasteiger partial charge in [-0.1, -0.05) is 35.5 Å². The van der Waals surface area contributed by atoms with Gasteiger partial charge in [0, 0.05) is 43.9 Å². The maximum atomic E-state index is 13.0. The molecule has 0 saturated carbocycles. The number of methoxy groups -OCH3 is 1. The lowest BCUT2D eigenvalue weighted by Crippen LogP contribution is -2.54. The third kappa shape index (κ3) is 7.57. The van der Waals surface area contributed by atoms with Crippen LogP contribution in [0.4, 0.5) is 19.0 Å². The van der Waals surface area contributed by atoms with Gasteiger partial charge in [0.25, 0.3) is 5.91 Å². The number of carbonyl (C=O) groups excluding carboxylic acids is 2. The van der Waals surface area contributed by atoms with Crippen molar-refractivity contribution >= 4 is 41.0 Å². The fraction of sp³-hybridized carbons (Fsp3) is 0.333. The summed E-state index contributed by atoms with van der Waals surface area (Å²) in [5, 5.41) is 3.11. The van der Waals surface area contributed by atoms with Gasteiger partial charge in [0.2, 0.25) is 5.91 Å². The van der Waals surface area contributed by atoms with E-state index in [1.165, 1.54) is 12.1 Å². The summed E-state index contributed by atoms with van der Waals surface area (Å²) in [5.41, 5.74) is 0.151. The standard InChI is InChI=1S/C27H27ClF3N5O3S/c1-17-15-35(10-11-36(17)25(38)19-6-8-21(39-2)9-7-19)23-13-22(28)33-26(34-23)40-16-24(37)32-14-18-4-3-5-20(12-18)27(29,30)31/h3-9,12-13,17H,10-11,14-16H2,1-2H3,(H,32,37). The number of piperazine rings is 1. The maximum Gasteiger partial charge on any atom is 0.416 e. The smallest absolute Gasteiger partial charge is 0.416 e. The van der Waals surface area contributed by atoms with Crippen molar-refractivity contribution in [2.75, 3.05) is 37.4 Å². The molecule has 40 heavy (non-hydrogen) atoms. The summed E-state index contributed by atoms with van der Waals surface area (Å²) in [6.07, 6.45) is -4.45. The number of halogens is 4. The first-order valence-electron chi connectivity index (χ1n) is 12.3. The first-order valence-corrected chi connectivity index (χ1v) is 13.7. The van der Waals surface area contributed by atoms with Crippen molar-refractivity contribution in [3.05, 3.63) is 76.4 Å². The van der Waals surface area contributed by atoms with Crippen LogP contribution in [0.1, 0.15) is 28.4 Å². The van der Waals surface area contributed by atoms with Gasteiger partial charge in [-0.3, -0.25) is 9.59 Å². The van der Waals surface area contributed by atoms with Crippen LogP contribution < -0.4 is 15.0 Å². The summed E-state index contributed by atoms with van der Waals surface area (Å²) in [6, 6.07) is 13.3. The normalized spacial score (nSPS) is 15.6. The molecule has 2 amide bonds. The van der Waals surface area contributed by atoms with Crippen molar-refractivity contribution in [3.8, 4) is 5.75 Å². The Balaban J connectivity index is 1.32. The topological polar surface area (TPSA) is 87.7 Å². The molecule has 0 bridgehead atoms. The number of rotatable bonds is 8. The third-order valence-corrected chi connectivity index (χ3v) is 7.33. The van der Waals surface area contributed by atoms with Crippen molar-refractivity contribution in [1.82, 2.24) is 20.2 Å². The van der Waals surface area contributed by atoms with Gasteiger partial charge in [-0.05, 0) is 48.9 Å². The van der Waals surface area contributed by atoms with Gasteiger partial charge in [0.1, 0.15) is 16.7 Å². The molecule has 1 aliphatic rings. The molecule has 1 unspecified atom stereocenters. The van der Waals surface area contributed by atoms with Crippen molar-refractivity contribution in [2.45, 2.75) is 30.8 Å². The van der Waals surface area contributed by atoms with Gasteiger partial charge in [0.05, 0.1) is 18.4 Å². The summed E-state index contributed by atoms with van der Waals surface area (Å²) in [4.78, 5) is 37.9. The van der Waals surface area contributed by atoms with Crippen LogP contribution in [0.15, 0.2) is 59.8 Å². The molecule has 13 heteroatoms. The summed E-state index contributed by atoms with van der Waals surface area (Å²) >= 11 is 7.31. The summed E-state index contributed by atoms with van der Waals surface area (Å²) < 4.78 is 43.9. The molecule has 0 radical (unpaired) electrons. The highest BCUT2D eigenvalue weighted by Crippen LogP contribution is 2.29. The Labute approximate surface area is 238 Å². The number of benzene rings is 2. The molecular weight excluding hydrogens is 567 g/mol. The highest BCUT2D eigenvalue weighted by molar-refractivity contribution is 7.99. The minimum Gasteiger partial charge on any atom is -0.497 e. The van der Waals surface area contributed by atoms with E-state index in [1.807, 2.05) is 16.7 Å². The lowest BCUT2D eigenvalue weighted by molar-refractivity contribution is -0.137. The van der Waals surface area contributed by atoms with Crippen molar-refractivity contribution in [3.63, 3.8) is 0 Å². The van der Waals surface area contributed by atoms with E-state index in [0.29, 0.717) is 47.5 Å². The van der Waals surface area contributed by atoms with Crippen molar-refractivity contribution in [1.29, 1.82) is 0 Å². The fourth-order valence-corrected chi connectivity index (χ4v) is 5.13. The SMILES string of the molecule is COc1ccc(C(=O)N2CCN(c3cc(Cl)nc(SCC(=O)NCc4cccc(C(F)(F)F)c4)n3)CC2C)cc1. The van der Waals surface area contributed by atoms with Crippen LogP contribution in [0.25, 0.3) is 0 Å². The van der Waals surface area contributed by atoms with E-state index < -0.39 is 11.7 Å². The van der Waals surface area contributed by atoms with Crippen LogP contribution in [-0.4, -0.2) is 65.2 Å². The van der Waals surface area contributed by atoms with Crippen LogP contribution >= 0.6 is 23.4 Å². The second-order valence-corrected chi connectivity index (χ2v) is 10.4. The van der Waals surface area contributed by atoms with Gasteiger partial charge in [-0.15, -0.1) is 0 Å². The monoisotopic (exact) mass is 593 g/mol. The molecule has 4 rings (SSSR count). The van der Waals surface area contributed by atoms with E-state index in [2.05, 4.69) is 15.3 Å². The number of ether oxygens (including phenoxy) is 1. The van der Waals surface area contributed by atoms with Crippen LogP contribution in [0.2, 0.25) is 5.15 Å². The first-order chi connectivity index (χ1) is 19.0. The quantitative estimate of drug-likeness (QED) is 0.225. The number of nitrogens with zero attached hydrogens (tertiary/aromatic N) is 4. The molecule has 3 aromatic rings. The van der Waals surface area contributed by atoms with E-state index in [-0.39, 0.29) is 35.3 Å². The number of alkyl halides is 3. The van der Waals surface area contributed by atoms with Gasteiger partial charge in [-0.25, -0.2) is 9.97 Å². The predicted molar refractivity (Wildman–Crippen MR) is 147 cm³/mol. The van der Waals surface area contributed by atoms with Crippen molar-refractivity contribution < 1.29 is 27.5 Å². The minimum absolute atomic E-state index is 0.0393. The molecule has 1 atom stereocenters. The van der Waals surface area contributed by atoms with Gasteiger partial charge >= 0.3 is 6.18 Å². The molecule has 1 aliphatic heterocycles. The zero-order valence-corrected chi connectivity index (χ0v) is 23.3. The average Bonchev–Trinajstić information content (AvgIpc) is 2.94. The summed E-state index contributed by atoms with van der Waals surface area (Å²) in [6.45, 7) is 3.45. The number of amides is 2. The van der Waals surface area contributed by atoms with Gasteiger partial charge in [-0.2, -0.15) is 13.2 Å². The Kier molecular flexibility index (Phi) is 9.41. The molecule has 2 heterocycles. The molecule has 8 nitrogen and oxygen atoms in total. The lowest BCUT2D eigenvalue weighted by Gasteiger charge is -2.40. The molecule has 1 fully saturated rings. The number of aromatic nitrogens is 2. The number of carbonyl (C=O) groups is 2. The zero-order valence-electron chi connectivity index (χ0n) is 21.7. The number of nitrogens with one attached hydrogen (secondary N) is 1. The van der Waals surface area contributed by atoms with Crippen LogP contribution in [-0.2, 0) is 17.5 Å². The molecule has 1 aromatic heterocycles. The second kappa shape index (κ2) is 12.8. The average molecular weight is 594 g/mol. The van der Waals surface area contributed by atoms with E-state index in [1.54, 1.807) is 37.4 Å². The van der Waals surface area contributed by atoms with E-state index >= 15 is 0 Å². The Morgan fingerprint density at radius 3 is 2.55 bits per heavy atom. The maximum absolute atomic E-state index is 13.0. The second-order valence-electron chi connectivity index (χ2n) is 9.12. The molecular formula is C27H27ClF3N5O3S. The first kappa shape index (κ1) is 29.5. The largest absolute Gasteiger partial charge is 0.497 e. The highest BCUT2D eigenvalue weighted by Gasteiger charge is 2.31. The molecule has 1 N–H and O–H groups in total. The third-order valence-electron chi connectivity index (χ3n) is 6.29. The number of hydrogen-bond acceptors (Lipinski definition) is 7. The Morgan fingerprint density at radius 1 is 1.12 bits per heavy atom. The number of thioether (sulfide) groups is 1. The van der Waals surface area contributed by atoms with E-state index in [0.717, 1.165) is 23.9 Å². The zero-order chi connectivity index (χ0) is 28.9. The number of hydrogen-bond donors (Lipinski definition) is 1. The minimum atomic E-state index is -4.45. The Hall–Kier alpha value is -3.51. The predicted octanol–water partition coefficient (Wildman–Crippen LogP) is 4.92. The van der Waals surface area contributed by atoms with Crippen LogP contribution in [0, 0.1) is 0 Å². The molecule has 2 aromatic carbocycles. The van der Waals surface area contributed by atoms with Gasteiger partial charge in [0.15, 0.2) is 5.16 Å². The van der Waals surface area contributed by atoms with Crippen LogP contribution in [0.3, 0.4) is 0 Å². The number of anilines is 1.